The molecule has 2 heteroatoms. The topological polar surface area (TPSA) is 23.8 Å². The highest BCUT2D eigenvalue weighted by molar-refractivity contribution is 7.67. The van der Waals surface area contributed by atoms with E-state index in [1.54, 1.807) is 5.30 Å². The Bertz CT molecular complexity index is 759. The van der Waals surface area contributed by atoms with Crippen molar-refractivity contribution in [3.05, 3.63) is 54.1 Å². The Morgan fingerprint density at radius 3 is 1.81 bits per heavy atom. The van der Waals surface area contributed by atoms with Crippen LogP contribution in [0.1, 0.15) is 69.8 Å². The van der Waals surface area contributed by atoms with Gasteiger partial charge in [0.1, 0.15) is 0 Å². The molecule has 0 amide bonds. The standard InChI is InChI=1S/C25H30NP/c26-19-20-15-17-21(18-16-20)24-13-7-8-14-25(24)27(22-9-3-1-4-10-22)23-11-5-2-6-12-23/h7-8,13-18,22-23H,1-6,9-12H2. The molecule has 140 valence electrons. The van der Waals surface area contributed by atoms with Crippen LogP contribution in [-0.4, -0.2) is 11.3 Å². The molecule has 0 atom stereocenters. The van der Waals surface area contributed by atoms with E-state index in [4.69, 9.17) is 5.26 Å². The van der Waals surface area contributed by atoms with E-state index in [0.29, 0.717) is 0 Å². The minimum atomic E-state index is -0.113. The Labute approximate surface area is 165 Å². The Morgan fingerprint density at radius 1 is 0.704 bits per heavy atom. The predicted molar refractivity (Wildman–Crippen MR) is 117 cm³/mol. The van der Waals surface area contributed by atoms with Crippen LogP contribution in [0.2, 0.25) is 0 Å². The normalized spacial score (nSPS) is 19.1. The zero-order valence-corrected chi connectivity index (χ0v) is 17.1. The van der Waals surface area contributed by atoms with Gasteiger partial charge in [-0.1, -0.05) is 82.8 Å². The first-order chi connectivity index (χ1) is 13.4. The molecule has 2 aromatic carbocycles. The summed E-state index contributed by atoms with van der Waals surface area (Å²) >= 11 is 0. The predicted octanol–water partition coefficient (Wildman–Crippen LogP) is 7.00. The lowest BCUT2D eigenvalue weighted by Crippen LogP contribution is -2.27. The summed E-state index contributed by atoms with van der Waals surface area (Å²) in [5.74, 6) is 0. The highest BCUT2D eigenvalue weighted by atomic mass is 31.1. The van der Waals surface area contributed by atoms with E-state index < -0.39 is 0 Å². The second-order valence-corrected chi connectivity index (χ2v) is 11.0. The first-order valence-electron chi connectivity index (χ1n) is 10.7. The largest absolute Gasteiger partial charge is 0.192 e. The molecule has 0 radical (unpaired) electrons. The fourth-order valence-corrected chi connectivity index (χ4v) is 9.04. The average Bonchev–Trinajstić information content (AvgIpc) is 2.76. The first-order valence-corrected chi connectivity index (χ1v) is 12.2. The second-order valence-electron chi connectivity index (χ2n) is 8.20. The fraction of sp³-hybridized carbons (Fsp3) is 0.480. The summed E-state index contributed by atoms with van der Waals surface area (Å²) in [5.41, 5.74) is 5.28. The zero-order valence-electron chi connectivity index (χ0n) is 16.2. The molecule has 0 N–H and O–H groups in total. The van der Waals surface area contributed by atoms with Crippen molar-refractivity contribution in [1.29, 1.82) is 5.26 Å². The van der Waals surface area contributed by atoms with Crippen LogP contribution in [-0.2, 0) is 0 Å². The molecule has 2 aliphatic carbocycles. The van der Waals surface area contributed by atoms with Crippen LogP contribution in [0.3, 0.4) is 0 Å². The Balaban J connectivity index is 1.73. The van der Waals surface area contributed by atoms with Crippen LogP contribution < -0.4 is 5.30 Å². The van der Waals surface area contributed by atoms with Crippen LogP contribution in [0.5, 0.6) is 0 Å². The summed E-state index contributed by atoms with van der Waals surface area (Å²) in [7, 11) is -0.113. The Kier molecular flexibility index (Phi) is 6.26. The highest BCUT2D eigenvalue weighted by Gasteiger charge is 2.33. The maximum Gasteiger partial charge on any atom is 0.0991 e. The van der Waals surface area contributed by atoms with Crippen molar-refractivity contribution in [1.82, 2.24) is 0 Å². The molecule has 0 saturated heterocycles. The molecule has 0 bridgehead atoms. The molecule has 0 unspecified atom stereocenters. The van der Waals surface area contributed by atoms with Gasteiger partial charge in [0.15, 0.2) is 0 Å². The van der Waals surface area contributed by atoms with E-state index in [9.17, 15) is 0 Å². The summed E-state index contributed by atoms with van der Waals surface area (Å²) in [6.45, 7) is 0. The zero-order chi connectivity index (χ0) is 18.5. The molecule has 2 aliphatic rings. The number of benzene rings is 2. The summed E-state index contributed by atoms with van der Waals surface area (Å²) < 4.78 is 0. The average molecular weight is 375 g/mol. The van der Waals surface area contributed by atoms with E-state index in [1.807, 2.05) is 12.1 Å². The van der Waals surface area contributed by atoms with Gasteiger partial charge in [0.2, 0.25) is 0 Å². The van der Waals surface area contributed by atoms with E-state index >= 15 is 0 Å². The van der Waals surface area contributed by atoms with Gasteiger partial charge < -0.3 is 0 Å². The quantitative estimate of drug-likeness (QED) is 0.528. The van der Waals surface area contributed by atoms with Crippen molar-refractivity contribution >= 4 is 13.2 Å². The SMILES string of the molecule is N#Cc1ccc(-c2ccccc2P(C2CCCCC2)C2CCCCC2)cc1. The van der Waals surface area contributed by atoms with Gasteiger partial charge in [0, 0.05) is 0 Å². The van der Waals surface area contributed by atoms with Crippen molar-refractivity contribution in [2.45, 2.75) is 75.5 Å². The van der Waals surface area contributed by atoms with Crippen LogP contribution >= 0.6 is 7.92 Å². The molecule has 2 fully saturated rings. The molecular formula is C25H30NP. The minimum absolute atomic E-state index is 0.113. The minimum Gasteiger partial charge on any atom is -0.192 e. The van der Waals surface area contributed by atoms with Gasteiger partial charge in [-0.2, -0.15) is 5.26 Å². The molecule has 0 heterocycles. The number of nitriles is 1. The van der Waals surface area contributed by atoms with Gasteiger partial charge in [-0.15, -0.1) is 0 Å². The van der Waals surface area contributed by atoms with Crippen LogP contribution in [0, 0.1) is 11.3 Å². The number of hydrogen-bond acceptors (Lipinski definition) is 1. The van der Waals surface area contributed by atoms with E-state index in [0.717, 1.165) is 16.9 Å². The Morgan fingerprint density at radius 2 is 1.26 bits per heavy atom. The Hall–Kier alpha value is -1.64. The van der Waals surface area contributed by atoms with Gasteiger partial charge in [-0.05, 0) is 65.6 Å². The molecule has 1 nitrogen and oxygen atoms in total. The second kappa shape index (κ2) is 9.03. The monoisotopic (exact) mass is 375 g/mol. The van der Waals surface area contributed by atoms with Crippen molar-refractivity contribution in [3.8, 4) is 17.2 Å². The van der Waals surface area contributed by atoms with Crippen LogP contribution in [0.4, 0.5) is 0 Å². The maximum atomic E-state index is 9.14. The third kappa shape index (κ3) is 4.28. The molecule has 2 aromatic rings. The van der Waals surface area contributed by atoms with Gasteiger partial charge in [0.25, 0.3) is 0 Å². The molecule has 0 aromatic heterocycles. The van der Waals surface area contributed by atoms with Crippen LogP contribution in [0.15, 0.2) is 48.5 Å². The molecule has 0 aliphatic heterocycles. The highest BCUT2D eigenvalue weighted by Crippen LogP contribution is 2.56. The molecule has 2 saturated carbocycles. The van der Waals surface area contributed by atoms with Crippen molar-refractivity contribution < 1.29 is 0 Å². The lowest BCUT2D eigenvalue weighted by Gasteiger charge is -2.39. The van der Waals surface area contributed by atoms with Gasteiger partial charge >= 0.3 is 0 Å². The maximum absolute atomic E-state index is 9.14. The molecular weight excluding hydrogens is 345 g/mol. The van der Waals surface area contributed by atoms with E-state index in [2.05, 4.69) is 42.5 Å². The van der Waals surface area contributed by atoms with Crippen molar-refractivity contribution in [2.75, 3.05) is 0 Å². The number of hydrogen-bond donors (Lipinski definition) is 0. The van der Waals surface area contributed by atoms with Crippen molar-refractivity contribution in [3.63, 3.8) is 0 Å². The lowest BCUT2D eigenvalue weighted by atomic mass is 9.99. The van der Waals surface area contributed by atoms with E-state index in [-0.39, 0.29) is 7.92 Å². The summed E-state index contributed by atoms with van der Waals surface area (Å²) in [6.07, 6.45) is 14.3. The van der Waals surface area contributed by atoms with E-state index in [1.165, 1.54) is 75.3 Å². The van der Waals surface area contributed by atoms with Gasteiger partial charge in [-0.3, -0.25) is 0 Å². The third-order valence-corrected chi connectivity index (χ3v) is 10.00. The van der Waals surface area contributed by atoms with Crippen molar-refractivity contribution in [2.24, 2.45) is 0 Å². The van der Waals surface area contributed by atoms with Crippen LogP contribution in [0.25, 0.3) is 11.1 Å². The molecule has 0 spiro atoms. The van der Waals surface area contributed by atoms with Gasteiger partial charge in [-0.25, -0.2) is 0 Å². The lowest BCUT2D eigenvalue weighted by molar-refractivity contribution is 0.487. The van der Waals surface area contributed by atoms with Gasteiger partial charge in [0.05, 0.1) is 11.6 Å². The molecule has 27 heavy (non-hydrogen) atoms. The summed E-state index contributed by atoms with van der Waals surface area (Å²) in [5, 5.41) is 10.8. The smallest absolute Gasteiger partial charge is 0.0991 e. The first kappa shape index (κ1) is 18.7. The molecule has 4 rings (SSSR count). The third-order valence-electron chi connectivity index (χ3n) is 6.44. The fourth-order valence-electron chi connectivity index (χ4n) is 5.08. The number of nitrogens with zero attached hydrogens (tertiary/aromatic N) is 1. The summed E-state index contributed by atoms with van der Waals surface area (Å²) in [4.78, 5) is 0. The summed E-state index contributed by atoms with van der Waals surface area (Å²) in [6, 6.07) is 19.7. The number of rotatable bonds is 4.